The van der Waals surface area contributed by atoms with Gasteiger partial charge in [-0.15, -0.1) is 0 Å². The first-order valence-corrected chi connectivity index (χ1v) is 10.5. The molecular formula is C24H30N2O3. The van der Waals surface area contributed by atoms with Crippen molar-refractivity contribution in [2.45, 2.75) is 32.5 Å². The molecule has 1 aliphatic heterocycles. The van der Waals surface area contributed by atoms with Crippen LogP contribution in [-0.4, -0.2) is 53.8 Å². The van der Waals surface area contributed by atoms with Crippen LogP contribution >= 0.6 is 0 Å². The van der Waals surface area contributed by atoms with Gasteiger partial charge in [-0.2, -0.15) is 0 Å². The van der Waals surface area contributed by atoms with Crippen LogP contribution in [0.5, 0.6) is 5.75 Å². The number of benzene rings is 2. The largest absolute Gasteiger partial charge is 0.494 e. The van der Waals surface area contributed by atoms with E-state index in [2.05, 4.69) is 34.1 Å². The van der Waals surface area contributed by atoms with Crippen molar-refractivity contribution in [2.24, 2.45) is 0 Å². The van der Waals surface area contributed by atoms with Gasteiger partial charge in [0.15, 0.2) is 0 Å². The fourth-order valence-electron chi connectivity index (χ4n) is 4.16. The number of para-hydroxylation sites is 1. The van der Waals surface area contributed by atoms with Crippen molar-refractivity contribution in [2.75, 3.05) is 32.8 Å². The summed E-state index contributed by atoms with van der Waals surface area (Å²) in [6, 6.07) is 19.0. The van der Waals surface area contributed by atoms with E-state index in [1.807, 2.05) is 37.3 Å². The molecule has 3 aromatic rings. The Hall–Kier alpha value is -2.34. The normalized spacial score (nSPS) is 18.3. The van der Waals surface area contributed by atoms with E-state index in [4.69, 9.17) is 9.15 Å². The van der Waals surface area contributed by atoms with Crippen molar-refractivity contribution in [1.29, 1.82) is 0 Å². The van der Waals surface area contributed by atoms with E-state index in [0.717, 1.165) is 61.6 Å². The topological polar surface area (TPSA) is 49.1 Å². The first-order valence-electron chi connectivity index (χ1n) is 10.5. The quantitative estimate of drug-likeness (QED) is 0.628. The second-order valence-corrected chi connectivity index (χ2v) is 7.70. The molecule has 4 rings (SSSR count). The van der Waals surface area contributed by atoms with Crippen LogP contribution in [0.1, 0.15) is 24.7 Å². The lowest BCUT2D eigenvalue weighted by molar-refractivity contribution is 0.0471. The molecule has 2 aromatic carbocycles. The summed E-state index contributed by atoms with van der Waals surface area (Å²) in [7, 11) is 0. The zero-order valence-electron chi connectivity index (χ0n) is 17.1. The second-order valence-electron chi connectivity index (χ2n) is 7.70. The summed E-state index contributed by atoms with van der Waals surface area (Å²) in [6.07, 6.45) is 0.785. The highest BCUT2D eigenvalue weighted by molar-refractivity contribution is 5.77. The molecule has 0 radical (unpaired) electrons. The molecule has 0 aliphatic carbocycles. The van der Waals surface area contributed by atoms with E-state index in [0.29, 0.717) is 12.6 Å². The number of piperazine rings is 1. The maximum absolute atomic E-state index is 9.59. The number of furan rings is 1. The lowest BCUT2D eigenvalue weighted by Crippen LogP contribution is -2.52. The van der Waals surface area contributed by atoms with Gasteiger partial charge in [-0.3, -0.25) is 9.80 Å². The van der Waals surface area contributed by atoms with Crippen LogP contribution in [0.15, 0.2) is 59.0 Å². The average molecular weight is 395 g/mol. The minimum absolute atomic E-state index is 0.211. The molecular weight excluding hydrogens is 364 g/mol. The summed E-state index contributed by atoms with van der Waals surface area (Å²) in [4.78, 5) is 4.92. The van der Waals surface area contributed by atoms with Gasteiger partial charge in [0.25, 0.3) is 0 Å². The van der Waals surface area contributed by atoms with Gasteiger partial charge < -0.3 is 14.3 Å². The number of fused-ring (bicyclic) bond motifs is 1. The van der Waals surface area contributed by atoms with Crippen LogP contribution in [0.4, 0.5) is 0 Å². The molecule has 0 amide bonds. The molecule has 1 saturated heterocycles. The third-order valence-corrected chi connectivity index (χ3v) is 5.63. The van der Waals surface area contributed by atoms with Crippen LogP contribution in [0.3, 0.4) is 0 Å². The van der Waals surface area contributed by atoms with E-state index in [1.54, 1.807) is 0 Å². The molecule has 1 atom stereocenters. The van der Waals surface area contributed by atoms with Gasteiger partial charge in [0.2, 0.25) is 0 Å². The van der Waals surface area contributed by atoms with Crippen LogP contribution in [0.25, 0.3) is 11.0 Å². The third-order valence-electron chi connectivity index (χ3n) is 5.63. The Kier molecular flexibility index (Phi) is 6.49. The Morgan fingerprint density at radius 1 is 1.07 bits per heavy atom. The third kappa shape index (κ3) is 4.99. The zero-order valence-corrected chi connectivity index (χ0v) is 17.1. The van der Waals surface area contributed by atoms with Gasteiger partial charge in [0, 0.05) is 44.2 Å². The lowest BCUT2D eigenvalue weighted by Gasteiger charge is -2.41. The second kappa shape index (κ2) is 9.44. The van der Waals surface area contributed by atoms with Gasteiger partial charge in [0.05, 0.1) is 13.2 Å². The Morgan fingerprint density at radius 2 is 1.90 bits per heavy atom. The molecule has 0 unspecified atom stereocenters. The fourth-order valence-corrected chi connectivity index (χ4v) is 4.16. The van der Waals surface area contributed by atoms with E-state index < -0.39 is 0 Å². The standard InChI is InChI=1S/C24H30N2O3/c1-2-28-22-9-7-19(8-10-22)16-26-13-12-25(17-21(26)11-14-27)18-23-15-20-5-3-4-6-24(20)29-23/h3-10,15,21,27H,2,11-14,16-18H2,1H3/t21-/m0/s1. The molecule has 1 aliphatic rings. The van der Waals surface area contributed by atoms with E-state index in [1.165, 1.54) is 5.56 Å². The Morgan fingerprint density at radius 3 is 2.66 bits per heavy atom. The van der Waals surface area contributed by atoms with Gasteiger partial charge in [-0.25, -0.2) is 0 Å². The highest BCUT2D eigenvalue weighted by Gasteiger charge is 2.27. The molecule has 1 aromatic heterocycles. The number of aliphatic hydroxyl groups is 1. The number of aliphatic hydroxyl groups excluding tert-OH is 1. The summed E-state index contributed by atoms with van der Waals surface area (Å²) in [5.74, 6) is 1.92. The molecule has 0 bridgehead atoms. The van der Waals surface area contributed by atoms with Crippen LogP contribution in [0.2, 0.25) is 0 Å². The fraction of sp³-hybridized carbons (Fsp3) is 0.417. The van der Waals surface area contributed by atoms with Gasteiger partial charge in [-0.1, -0.05) is 30.3 Å². The Labute approximate surface area is 172 Å². The van der Waals surface area contributed by atoms with Crippen LogP contribution < -0.4 is 4.74 Å². The summed E-state index contributed by atoms with van der Waals surface area (Å²) < 4.78 is 11.5. The predicted octanol–water partition coefficient (Wildman–Crippen LogP) is 3.90. The van der Waals surface area contributed by atoms with Gasteiger partial charge in [0.1, 0.15) is 17.1 Å². The van der Waals surface area contributed by atoms with Crippen molar-refractivity contribution < 1.29 is 14.3 Å². The summed E-state index contributed by atoms with van der Waals surface area (Å²) in [5, 5.41) is 10.7. The van der Waals surface area contributed by atoms with Crippen LogP contribution in [-0.2, 0) is 13.1 Å². The minimum atomic E-state index is 0.211. The molecule has 5 nitrogen and oxygen atoms in total. The molecule has 2 heterocycles. The highest BCUT2D eigenvalue weighted by atomic mass is 16.5. The van der Waals surface area contributed by atoms with Gasteiger partial charge >= 0.3 is 0 Å². The molecule has 0 spiro atoms. The molecule has 1 N–H and O–H groups in total. The number of hydrogen-bond acceptors (Lipinski definition) is 5. The number of nitrogens with zero attached hydrogens (tertiary/aromatic N) is 2. The van der Waals surface area contributed by atoms with E-state index in [9.17, 15) is 5.11 Å². The SMILES string of the molecule is CCOc1ccc(CN2CCN(Cc3cc4ccccc4o3)C[C@@H]2CCO)cc1. The number of hydrogen-bond donors (Lipinski definition) is 1. The summed E-state index contributed by atoms with van der Waals surface area (Å²) >= 11 is 0. The first-order chi connectivity index (χ1) is 14.2. The molecule has 5 heteroatoms. The smallest absolute Gasteiger partial charge is 0.134 e. The Bertz CT molecular complexity index is 873. The molecule has 29 heavy (non-hydrogen) atoms. The Balaban J connectivity index is 1.38. The van der Waals surface area contributed by atoms with Crippen molar-refractivity contribution in [3.8, 4) is 5.75 Å². The van der Waals surface area contributed by atoms with E-state index >= 15 is 0 Å². The van der Waals surface area contributed by atoms with Crippen molar-refractivity contribution in [3.63, 3.8) is 0 Å². The molecule has 0 saturated carbocycles. The van der Waals surface area contributed by atoms with Crippen molar-refractivity contribution >= 4 is 11.0 Å². The maximum atomic E-state index is 9.59. The van der Waals surface area contributed by atoms with Crippen molar-refractivity contribution in [1.82, 2.24) is 9.80 Å². The zero-order chi connectivity index (χ0) is 20.1. The summed E-state index contributed by atoms with van der Waals surface area (Å²) in [6.45, 7) is 7.53. The molecule has 1 fully saturated rings. The van der Waals surface area contributed by atoms with Crippen LogP contribution in [0, 0.1) is 0 Å². The van der Waals surface area contributed by atoms with Gasteiger partial charge in [-0.05, 0) is 43.2 Å². The average Bonchev–Trinajstić information content (AvgIpc) is 3.14. The highest BCUT2D eigenvalue weighted by Crippen LogP contribution is 2.23. The minimum Gasteiger partial charge on any atom is -0.494 e. The van der Waals surface area contributed by atoms with Crippen molar-refractivity contribution in [3.05, 3.63) is 65.9 Å². The van der Waals surface area contributed by atoms with E-state index in [-0.39, 0.29) is 6.61 Å². The summed E-state index contributed by atoms with van der Waals surface area (Å²) in [5.41, 5.74) is 2.23. The predicted molar refractivity (Wildman–Crippen MR) is 115 cm³/mol. The maximum Gasteiger partial charge on any atom is 0.134 e. The number of rotatable bonds is 8. The molecule has 154 valence electrons. The number of ether oxygens (including phenoxy) is 1. The monoisotopic (exact) mass is 394 g/mol. The first kappa shape index (κ1) is 20.0. The lowest BCUT2D eigenvalue weighted by atomic mass is 10.1.